The molecule has 1 atom stereocenters. The van der Waals surface area contributed by atoms with Crippen molar-refractivity contribution in [2.75, 3.05) is 42.5 Å². The number of piperazine rings is 1. The normalized spacial score (nSPS) is 19.3. The number of hydrogen-bond donors (Lipinski definition) is 0. The third-order valence-electron chi connectivity index (χ3n) is 6.41. The highest BCUT2D eigenvalue weighted by Gasteiger charge is 2.39. The van der Waals surface area contributed by atoms with Gasteiger partial charge in [0.15, 0.2) is 0 Å². The van der Waals surface area contributed by atoms with Gasteiger partial charge < -0.3 is 14.7 Å². The Morgan fingerprint density at radius 2 is 1.74 bits per heavy atom. The van der Waals surface area contributed by atoms with Crippen LogP contribution in [-0.2, 0) is 22.4 Å². The van der Waals surface area contributed by atoms with Crippen molar-refractivity contribution >= 4 is 23.3 Å². The van der Waals surface area contributed by atoms with Crippen LogP contribution >= 0.6 is 0 Å². The summed E-state index contributed by atoms with van der Waals surface area (Å²) in [6.07, 6.45) is 3.62. The molecule has 164 valence electrons. The zero-order chi connectivity index (χ0) is 22.0. The quantitative estimate of drug-likeness (QED) is 0.742. The summed E-state index contributed by atoms with van der Waals surface area (Å²) >= 11 is 0. The van der Waals surface area contributed by atoms with E-state index in [0.717, 1.165) is 43.1 Å². The van der Waals surface area contributed by atoms with Crippen LogP contribution in [0.1, 0.15) is 37.1 Å². The second-order valence-electron chi connectivity index (χ2n) is 8.37. The van der Waals surface area contributed by atoms with Crippen molar-refractivity contribution in [2.45, 2.75) is 40.0 Å². The standard InChI is InChI=1S/C24H31N5O2/c1-4-18-7-6-8-19(5-2)23(18)29-15-20(14-22(29)30)24(31)28-11-9-27(10-12-28)21-13-17(3)25-16-26-21/h6-8,13,16,20H,4-5,9-12,14-15H2,1-3H3. The SMILES string of the molecule is CCc1cccc(CC)c1N1CC(C(=O)N2CCN(c3cc(C)ncn3)CC2)CC1=O. The van der Waals surface area contributed by atoms with Crippen LogP contribution in [0.4, 0.5) is 11.5 Å². The Balaban J connectivity index is 1.43. The second kappa shape index (κ2) is 9.04. The first kappa shape index (κ1) is 21.3. The molecule has 1 aromatic heterocycles. The molecule has 1 aromatic carbocycles. The average Bonchev–Trinajstić information content (AvgIpc) is 3.19. The van der Waals surface area contributed by atoms with E-state index in [1.165, 1.54) is 11.1 Å². The summed E-state index contributed by atoms with van der Waals surface area (Å²) in [5.41, 5.74) is 4.31. The summed E-state index contributed by atoms with van der Waals surface area (Å²) in [7, 11) is 0. The fourth-order valence-electron chi connectivity index (χ4n) is 4.68. The minimum atomic E-state index is -0.269. The largest absolute Gasteiger partial charge is 0.353 e. The molecule has 2 fully saturated rings. The van der Waals surface area contributed by atoms with Gasteiger partial charge in [-0.05, 0) is 30.9 Å². The molecule has 7 nitrogen and oxygen atoms in total. The Labute approximate surface area is 184 Å². The third-order valence-corrected chi connectivity index (χ3v) is 6.41. The molecule has 0 bridgehead atoms. The van der Waals surface area contributed by atoms with Crippen molar-refractivity contribution in [2.24, 2.45) is 5.92 Å². The van der Waals surface area contributed by atoms with Gasteiger partial charge in [0.25, 0.3) is 0 Å². The highest BCUT2D eigenvalue weighted by atomic mass is 16.2. The van der Waals surface area contributed by atoms with Gasteiger partial charge >= 0.3 is 0 Å². The van der Waals surface area contributed by atoms with E-state index < -0.39 is 0 Å². The first-order valence-electron chi connectivity index (χ1n) is 11.2. The zero-order valence-corrected chi connectivity index (χ0v) is 18.7. The number of anilines is 2. The fraction of sp³-hybridized carbons (Fsp3) is 0.500. The molecule has 0 spiro atoms. The number of amides is 2. The van der Waals surface area contributed by atoms with Gasteiger partial charge in [0, 0.05) is 56.6 Å². The number of para-hydroxylation sites is 1. The summed E-state index contributed by atoms with van der Waals surface area (Å²) in [6.45, 7) is 9.44. The zero-order valence-electron chi connectivity index (χ0n) is 18.7. The maximum Gasteiger partial charge on any atom is 0.228 e. The van der Waals surface area contributed by atoms with Gasteiger partial charge in [0.1, 0.15) is 12.1 Å². The van der Waals surface area contributed by atoms with Gasteiger partial charge in [-0.3, -0.25) is 9.59 Å². The van der Waals surface area contributed by atoms with Crippen LogP contribution in [0.25, 0.3) is 0 Å². The van der Waals surface area contributed by atoms with Crippen LogP contribution in [0.2, 0.25) is 0 Å². The Hall–Kier alpha value is -2.96. The summed E-state index contributed by atoms with van der Waals surface area (Å²) in [6, 6.07) is 8.21. The number of aryl methyl sites for hydroxylation is 3. The highest BCUT2D eigenvalue weighted by molar-refractivity contribution is 6.01. The van der Waals surface area contributed by atoms with Gasteiger partial charge in [-0.1, -0.05) is 32.0 Å². The minimum Gasteiger partial charge on any atom is -0.353 e. The molecule has 0 saturated carbocycles. The van der Waals surface area contributed by atoms with E-state index in [-0.39, 0.29) is 17.7 Å². The molecule has 2 amide bonds. The van der Waals surface area contributed by atoms with Crippen molar-refractivity contribution in [3.63, 3.8) is 0 Å². The van der Waals surface area contributed by atoms with Crippen LogP contribution in [-0.4, -0.2) is 59.4 Å². The lowest BCUT2D eigenvalue weighted by atomic mass is 10.0. The molecule has 0 N–H and O–H groups in total. The molecule has 2 aliphatic heterocycles. The summed E-state index contributed by atoms with van der Waals surface area (Å²) in [5, 5.41) is 0. The number of benzene rings is 1. The number of carbonyl (C=O) groups is 2. The van der Waals surface area contributed by atoms with E-state index in [1.54, 1.807) is 6.33 Å². The number of nitrogens with zero attached hydrogens (tertiary/aromatic N) is 5. The molecule has 4 rings (SSSR count). The number of hydrogen-bond acceptors (Lipinski definition) is 5. The molecule has 1 unspecified atom stereocenters. The number of carbonyl (C=O) groups excluding carboxylic acids is 2. The molecule has 0 radical (unpaired) electrons. The molecule has 2 aromatic rings. The molecule has 3 heterocycles. The van der Waals surface area contributed by atoms with Crippen LogP contribution in [0.5, 0.6) is 0 Å². The molecule has 2 aliphatic rings. The van der Waals surface area contributed by atoms with Crippen molar-refractivity contribution < 1.29 is 9.59 Å². The van der Waals surface area contributed by atoms with Crippen molar-refractivity contribution in [3.05, 3.63) is 47.4 Å². The van der Waals surface area contributed by atoms with Gasteiger partial charge in [0.05, 0.1) is 5.92 Å². The maximum atomic E-state index is 13.2. The first-order chi connectivity index (χ1) is 15.0. The lowest BCUT2D eigenvalue weighted by Crippen LogP contribution is -2.51. The average molecular weight is 422 g/mol. The molecule has 31 heavy (non-hydrogen) atoms. The van der Waals surface area contributed by atoms with Gasteiger partial charge in [0.2, 0.25) is 11.8 Å². The Kier molecular flexibility index (Phi) is 6.20. The van der Waals surface area contributed by atoms with Crippen LogP contribution < -0.4 is 9.80 Å². The minimum absolute atomic E-state index is 0.0593. The van der Waals surface area contributed by atoms with Gasteiger partial charge in [-0.25, -0.2) is 9.97 Å². The first-order valence-corrected chi connectivity index (χ1v) is 11.2. The summed E-state index contributed by atoms with van der Waals surface area (Å²) < 4.78 is 0. The molecular weight excluding hydrogens is 390 g/mol. The lowest BCUT2D eigenvalue weighted by Gasteiger charge is -2.36. The van der Waals surface area contributed by atoms with Gasteiger partial charge in [-0.15, -0.1) is 0 Å². The summed E-state index contributed by atoms with van der Waals surface area (Å²) in [5.74, 6) is 0.797. The van der Waals surface area contributed by atoms with Crippen molar-refractivity contribution in [3.8, 4) is 0 Å². The second-order valence-corrected chi connectivity index (χ2v) is 8.37. The molecule has 7 heteroatoms. The van der Waals surface area contributed by atoms with E-state index in [2.05, 4.69) is 46.9 Å². The van der Waals surface area contributed by atoms with E-state index in [9.17, 15) is 9.59 Å². The fourth-order valence-corrected chi connectivity index (χ4v) is 4.68. The van der Waals surface area contributed by atoms with Gasteiger partial charge in [-0.2, -0.15) is 0 Å². The Morgan fingerprint density at radius 3 is 2.35 bits per heavy atom. The van der Waals surface area contributed by atoms with E-state index in [0.29, 0.717) is 26.1 Å². The third kappa shape index (κ3) is 4.27. The topological polar surface area (TPSA) is 69.6 Å². The molecule has 2 saturated heterocycles. The Bertz CT molecular complexity index is 946. The molecule has 0 aliphatic carbocycles. The van der Waals surface area contributed by atoms with Crippen molar-refractivity contribution in [1.29, 1.82) is 0 Å². The Morgan fingerprint density at radius 1 is 1.06 bits per heavy atom. The predicted octanol–water partition coefficient (Wildman–Crippen LogP) is 2.61. The highest BCUT2D eigenvalue weighted by Crippen LogP contribution is 2.33. The maximum absolute atomic E-state index is 13.2. The van der Waals surface area contributed by atoms with Crippen LogP contribution in [0.15, 0.2) is 30.6 Å². The van der Waals surface area contributed by atoms with E-state index in [1.807, 2.05) is 22.8 Å². The van der Waals surface area contributed by atoms with Crippen LogP contribution in [0.3, 0.4) is 0 Å². The van der Waals surface area contributed by atoms with Crippen LogP contribution in [0, 0.1) is 12.8 Å². The van der Waals surface area contributed by atoms with E-state index in [4.69, 9.17) is 0 Å². The van der Waals surface area contributed by atoms with E-state index >= 15 is 0 Å². The molecular formula is C24H31N5O2. The lowest BCUT2D eigenvalue weighted by molar-refractivity contribution is -0.136. The monoisotopic (exact) mass is 421 g/mol. The summed E-state index contributed by atoms with van der Waals surface area (Å²) in [4.78, 5) is 40.6. The van der Waals surface area contributed by atoms with Crippen molar-refractivity contribution in [1.82, 2.24) is 14.9 Å². The smallest absolute Gasteiger partial charge is 0.228 e. The number of rotatable bonds is 5. The predicted molar refractivity (Wildman–Crippen MR) is 121 cm³/mol. The number of aromatic nitrogens is 2.